The fraction of sp³-hybridized carbons (Fsp3) is 0.412. The van der Waals surface area contributed by atoms with Crippen LogP contribution >= 0.6 is 11.3 Å². The summed E-state index contributed by atoms with van der Waals surface area (Å²) in [4.78, 5) is 16.6. The molecule has 0 saturated heterocycles. The van der Waals surface area contributed by atoms with Crippen molar-refractivity contribution in [3.8, 4) is 11.3 Å². The van der Waals surface area contributed by atoms with E-state index in [1.807, 2.05) is 36.7 Å². The molecule has 3 rings (SSSR count). The van der Waals surface area contributed by atoms with Crippen molar-refractivity contribution in [2.24, 2.45) is 0 Å². The molecule has 0 aliphatic heterocycles. The van der Waals surface area contributed by atoms with Gasteiger partial charge in [0.1, 0.15) is 0 Å². The highest BCUT2D eigenvalue weighted by atomic mass is 32.1. The topological polar surface area (TPSA) is 66.0 Å². The predicted molar refractivity (Wildman–Crippen MR) is 96.1 cm³/mol. The van der Waals surface area contributed by atoms with E-state index in [2.05, 4.69) is 20.9 Å². The molecule has 1 aliphatic rings. The standard InChI is InChI=1S/C17H22N4OS/c1-18-17-21-15(11-23-17)12-6-5-9-14(10-12)20-16(22)19-13-7-3-2-4-8-13/h5-6,9-11,13H,2-4,7-8H2,1H3,(H,18,21)(H2,19,20,22). The molecule has 0 radical (unpaired) electrons. The first kappa shape index (κ1) is 15.8. The molecule has 0 atom stereocenters. The summed E-state index contributed by atoms with van der Waals surface area (Å²) in [5.74, 6) is 0. The van der Waals surface area contributed by atoms with E-state index in [9.17, 15) is 4.79 Å². The molecule has 1 aliphatic carbocycles. The van der Waals surface area contributed by atoms with Gasteiger partial charge in [0.25, 0.3) is 0 Å². The number of urea groups is 1. The molecule has 5 nitrogen and oxygen atoms in total. The molecule has 0 bridgehead atoms. The third-order valence-corrected chi connectivity index (χ3v) is 4.93. The lowest BCUT2D eigenvalue weighted by Crippen LogP contribution is -2.39. The van der Waals surface area contributed by atoms with Crippen molar-refractivity contribution in [1.29, 1.82) is 0 Å². The van der Waals surface area contributed by atoms with Crippen molar-refractivity contribution in [2.45, 2.75) is 38.1 Å². The maximum atomic E-state index is 12.1. The molecule has 6 heteroatoms. The number of nitrogens with zero attached hydrogens (tertiary/aromatic N) is 1. The normalized spacial score (nSPS) is 15.2. The van der Waals surface area contributed by atoms with Crippen LogP contribution < -0.4 is 16.0 Å². The molecule has 1 saturated carbocycles. The van der Waals surface area contributed by atoms with Crippen LogP contribution in [0.5, 0.6) is 0 Å². The van der Waals surface area contributed by atoms with E-state index in [-0.39, 0.29) is 6.03 Å². The molecule has 1 aromatic carbocycles. The highest BCUT2D eigenvalue weighted by Crippen LogP contribution is 2.26. The number of thiazole rings is 1. The number of hydrogen-bond acceptors (Lipinski definition) is 4. The molecule has 1 aromatic heterocycles. The molecule has 1 heterocycles. The zero-order chi connectivity index (χ0) is 16.1. The van der Waals surface area contributed by atoms with Gasteiger partial charge in [-0.1, -0.05) is 31.4 Å². The van der Waals surface area contributed by atoms with Gasteiger partial charge in [-0.05, 0) is 25.0 Å². The molecule has 1 fully saturated rings. The van der Waals surface area contributed by atoms with Crippen molar-refractivity contribution in [2.75, 3.05) is 17.7 Å². The molecule has 0 unspecified atom stereocenters. The smallest absolute Gasteiger partial charge is 0.319 e. The minimum atomic E-state index is -0.122. The molecular weight excluding hydrogens is 308 g/mol. The van der Waals surface area contributed by atoms with Gasteiger partial charge in [0, 0.05) is 29.7 Å². The van der Waals surface area contributed by atoms with Crippen LogP contribution in [0.2, 0.25) is 0 Å². The molecule has 2 amide bonds. The van der Waals surface area contributed by atoms with Crippen molar-refractivity contribution in [3.05, 3.63) is 29.6 Å². The Morgan fingerprint density at radius 2 is 2.09 bits per heavy atom. The number of anilines is 2. The zero-order valence-corrected chi connectivity index (χ0v) is 14.1. The fourth-order valence-corrected chi connectivity index (χ4v) is 3.56. The van der Waals surface area contributed by atoms with Gasteiger partial charge in [-0.25, -0.2) is 9.78 Å². The second-order valence-corrected chi connectivity index (χ2v) is 6.66. The first-order valence-corrected chi connectivity index (χ1v) is 8.94. The lowest BCUT2D eigenvalue weighted by Gasteiger charge is -2.22. The quantitative estimate of drug-likeness (QED) is 0.783. The third kappa shape index (κ3) is 4.22. The van der Waals surface area contributed by atoms with Gasteiger partial charge < -0.3 is 16.0 Å². The molecule has 23 heavy (non-hydrogen) atoms. The maximum absolute atomic E-state index is 12.1. The summed E-state index contributed by atoms with van der Waals surface area (Å²) in [6.07, 6.45) is 5.86. The SMILES string of the molecule is CNc1nc(-c2cccc(NC(=O)NC3CCCCC3)c2)cs1. The van der Waals surface area contributed by atoms with Gasteiger partial charge in [-0.3, -0.25) is 0 Å². The van der Waals surface area contributed by atoms with E-state index < -0.39 is 0 Å². The lowest BCUT2D eigenvalue weighted by atomic mass is 9.96. The summed E-state index contributed by atoms with van der Waals surface area (Å²) in [7, 11) is 1.86. The van der Waals surface area contributed by atoms with Crippen LogP contribution in [0.4, 0.5) is 15.6 Å². The maximum Gasteiger partial charge on any atom is 0.319 e. The molecule has 3 N–H and O–H groups in total. The van der Waals surface area contributed by atoms with E-state index in [1.165, 1.54) is 19.3 Å². The Hall–Kier alpha value is -2.08. The van der Waals surface area contributed by atoms with Crippen molar-refractivity contribution in [1.82, 2.24) is 10.3 Å². The van der Waals surface area contributed by atoms with Gasteiger partial charge in [0.05, 0.1) is 5.69 Å². The van der Waals surface area contributed by atoms with Crippen LogP contribution in [0.15, 0.2) is 29.6 Å². The van der Waals surface area contributed by atoms with Crippen LogP contribution in [-0.2, 0) is 0 Å². The van der Waals surface area contributed by atoms with Crippen molar-refractivity contribution >= 4 is 28.2 Å². The molecule has 0 spiro atoms. The Morgan fingerprint density at radius 3 is 2.83 bits per heavy atom. The summed E-state index contributed by atoms with van der Waals surface area (Å²) in [5, 5.41) is 11.9. The monoisotopic (exact) mass is 330 g/mol. The first-order chi connectivity index (χ1) is 11.2. The summed E-state index contributed by atoms with van der Waals surface area (Å²) >= 11 is 1.57. The van der Waals surface area contributed by atoms with Gasteiger partial charge in [-0.2, -0.15) is 0 Å². The summed E-state index contributed by atoms with van der Waals surface area (Å²) in [6.45, 7) is 0. The highest BCUT2D eigenvalue weighted by Gasteiger charge is 2.15. The van der Waals surface area contributed by atoms with E-state index in [1.54, 1.807) is 11.3 Å². The Morgan fingerprint density at radius 1 is 1.26 bits per heavy atom. The summed E-state index contributed by atoms with van der Waals surface area (Å²) < 4.78 is 0. The summed E-state index contributed by atoms with van der Waals surface area (Å²) in [5.41, 5.74) is 2.70. The number of hydrogen-bond donors (Lipinski definition) is 3. The summed E-state index contributed by atoms with van der Waals surface area (Å²) in [6, 6.07) is 7.97. The van der Waals surface area contributed by atoms with E-state index in [0.29, 0.717) is 6.04 Å². The average molecular weight is 330 g/mol. The number of carbonyl (C=O) groups excluding carboxylic acids is 1. The number of carbonyl (C=O) groups is 1. The largest absolute Gasteiger partial charge is 0.365 e. The van der Waals surface area contributed by atoms with Gasteiger partial charge in [-0.15, -0.1) is 11.3 Å². The number of aromatic nitrogens is 1. The second kappa shape index (κ2) is 7.46. The Labute approximate surface area is 140 Å². The number of rotatable bonds is 4. The van der Waals surface area contributed by atoms with Crippen LogP contribution in [-0.4, -0.2) is 24.1 Å². The van der Waals surface area contributed by atoms with E-state index in [4.69, 9.17) is 0 Å². The van der Waals surface area contributed by atoms with E-state index in [0.717, 1.165) is 34.9 Å². The van der Waals surface area contributed by atoms with Crippen LogP contribution in [0.25, 0.3) is 11.3 Å². The van der Waals surface area contributed by atoms with Gasteiger partial charge in [0.15, 0.2) is 5.13 Å². The van der Waals surface area contributed by atoms with Crippen molar-refractivity contribution in [3.63, 3.8) is 0 Å². The Balaban J connectivity index is 1.63. The predicted octanol–water partition coefficient (Wildman–Crippen LogP) is 4.31. The zero-order valence-electron chi connectivity index (χ0n) is 13.3. The van der Waals surface area contributed by atoms with Gasteiger partial charge >= 0.3 is 6.03 Å². The second-order valence-electron chi connectivity index (χ2n) is 5.80. The molecule has 2 aromatic rings. The Bertz CT molecular complexity index is 664. The minimum Gasteiger partial charge on any atom is -0.365 e. The lowest BCUT2D eigenvalue weighted by molar-refractivity contribution is 0.244. The number of nitrogens with one attached hydrogen (secondary N) is 3. The Kier molecular flexibility index (Phi) is 5.12. The average Bonchev–Trinajstić information content (AvgIpc) is 3.05. The number of amides is 2. The van der Waals surface area contributed by atoms with Crippen LogP contribution in [0.1, 0.15) is 32.1 Å². The molecular formula is C17H22N4OS. The number of benzene rings is 1. The third-order valence-electron chi connectivity index (χ3n) is 4.07. The highest BCUT2D eigenvalue weighted by molar-refractivity contribution is 7.14. The van der Waals surface area contributed by atoms with Crippen LogP contribution in [0, 0.1) is 0 Å². The van der Waals surface area contributed by atoms with Gasteiger partial charge in [0.2, 0.25) is 0 Å². The van der Waals surface area contributed by atoms with E-state index >= 15 is 0 Å². The molecule has 122 valence electrons. The van der Waals surface area contributed by atoms with Crippen molar-refractivity contribution < 1.29 is 4.79 Å². The van der Waals surface area contributed by atoms with Crippen LogP contribution in [0.3, 0.4) is 0 Å². The first-order valence-electron chi connectivity index (χ1n) is 8.06. The minimum absolute atomic E-state index is 0.122. The fourth-order valence-electron chi connectivity index (χ4n) is 2.88.